The van der Waals surface area contributed by atoms with Gasteiger partial charge in [0.05, 0.1) is 4.92 Å². The van der Waals surface area contributed by atoms with E-state index in [0.717, 1.165) is 40.1 Å². The number of rotatable bonds is 9. The first-order chi connectivity index (χ1) is 19.4. The van der Waals surface area contributed by atoms with Gasteiger partial charge < -0.3 is 9.80 Å². The summed E-state index contributed by atoms with van der Waals surface area (Å²) >= 11 is 1.62. The number of hydrogen-bond acceptors (Lipinski definition) is 7. The molecule has 1 saturated heterocycles. The third kappa shape index (κ3) is 6.34. The van der Waals surface area contributed by atoms with E-state index in [-0.39, 0.29) is 11.6 Å². The third-order valence-electron chi connectivity index (χ3n) is 7.06. The minimum Gasteiger partial charge on any atom is -0.368 e. The Bertz CT molecular complexity index is 1460. The average molecular weight is 557 g/mol. The fourth-order valence-corrected chi connectivity index (χ4v) is 5.61. The van der Waals surface area contributed by atoms with Crippen LogP contribution in [0, 0.1) is 24.0 Å². The molecule has 9 nitrogen and oxygen atoms in total. The predicted octanol–water partition coefficient (Wildman–Crippen LogP) is 5.68. The molecule has 40 heavy (non-hydrogen) atoms. The molecular weight excluding hydrogens is 524 g/mol. The molecule has 0 bridgehead atoms. The molecule has 0 atom stereocenters. The van der Waals surface area contributed by atoms with Gasteiger partial charge in [0.15, 0.2) is 11.0 Å². The van der Waals surface area contributed by atoms with Crippen LogP contribution in [0.2, 0.25) is 0 Å². The molecule has 1 aromatic heterocycles. The van der Waals surface area contributed by atoms with E-state index in [4.69, 9.17) is 0 Å². The molecule has 1 aliphatic heterocycles. The first kappa shape index (κ1) is 27.4. The molecule has 1 aliphatic rings. The lowest BCUT2D eigenvalue weighted by Crippen LogP contribution is -2.48. The zero-order valence-corrected chi connectivity index (χ0v) is 23.5. The van der Waals surface area contributed by atoms with Crippen LogP contribution in [0.4, 0.5) is 11.4 Å². The molecule has 0 spiro atoms. The van der Waals surface area contributed by atoms with Crippen molar-refractivity contribution in [1.29, 1.82) is 0 Å². The minimum absolute atomic E-state index is 0.0823. The molecule has 0 unspecified atom stereocenters. The van der Waals surface area contributed by atoms with Crippen LogP contribution in [-0.2, 0) is 4.79 Å². The van der Waals surface area contributed by atoms with Crippen LogP contribution in [0.3, 0.4) is 0 Å². The lowest BCUT2D eigenvalue weighted by Gasteiger charge is -2.36. The molecule has 1 fully saturated rings. The van der Waals surface area contributed by atoms with Gasteiger partial charge in [0, 0.05) is 67.4 Å². The van der Waals surface area contributed by atoms with Gasteiger partial charge in [0.25, 0.3) is 5.69 Å². The van der Waals surface area contributed by atoms with Gasteiger partial charge in [0.1, 0.15) is 0 Å². The number of thioether (sulfide) groups is 1. The summed E-state index contributed by atoms with van der Waals surface area (Å²) in [5.74, 6) is 1.71. The zero-order valence-electron chi connectivity index (χ0n) is 22.7. The van der Waals surface area contributed by atoms with E-state index in [1.807, 2.05) is 4.90 Å². The molecular formula is C30H32N6O3S. The van der Waals surface area contributed by atoms with Crippen molar-refractivity contribution in [2.24, 2.45) is 0 Å². The highest BCUT2D eigenvalue weighted by Gasteiger charge is 2.22. The maximum atomic E-state index is 12.9. The number of amides is 1. The maximum Gasteiger partial charge on any atom is 0.269 e. The van der Waals surface area contributed by atoms with E-state index in [9.17, 15) is 14.9 Å². The van der Waals surface area contributed by atoms with Crippen molar-refractivity contribution in [3.63, 3.8) is 0 Å². The summed E-state index contributed by atoms with van der Waals surface area (Å²) in [6.07, 6.45) is 1.22. The van der Waals surface area contributed by atoms with E-state index in [2.05, 4.69) is 82.0 Å². The summed E-state index contributed by atoms with van der Waals surface area (Å²) in [7, 11) is 0. The number of aromatic nitrogens is 3. The lowest BCUT2D eigenvalue weighted by molar-refractivity contribution is -0.384. The fraction of sp³-hybridized carbons (Fsp3) is 0.300. The largest absolute Gasteiger partial charge is 0.368 e. The highest BCUT2D eigenvalue weighted by Crippen LogP contribution is 2.29. The standard InChI is InChI=1S/C30H32N6O3S/c1-22-5-9-24(10-6-22)29-31-32-30(35(29)26-11-7-23(2)8-12-26)40-21-3-4-28(37)34-19-17-33(18-20-34)25-13-15-27(16-14-25)36(38)39/h5-16H,3-4,17-21H2,1-2H3. The van der Waals surface area contributed by atoms with Gasteiger partial charge in [-0.25, -0.2) is 0 Å². The Hall–Kier alpha value is -4.18. The highest BCUT2D eigenvalue weighted by molar-refractivity contribution is 7.99. The van der Waals surface area contributed by atoms with Crippen LogP contribution >= 0.6 is 11.8 Å². The monoisotopic (exact) mass is 556 g/mol. The Morgan fingerprint density at radius 3 is 2.08 bits per heavy atom. The Labute approximate surface area is 238 Å². The second-order valence-electron chi connectivity index (χ2n) is 9.94. The first-order valence-electron chi connectivity index (χ1n) is 13.4. The summed E-state index contributed by atoms with van der Waals surface area (Å²) in [5, 5.41) is 20.7. The fourth-order valence-electron chi connectivity index (χ4n) is 4.72. The van der Waals surface area contributed by atoms with Crippen LogP contribution in [0.1, 0.15) is 24.0 Å². The van der Waals surface area contributed by atoms with E-state index in [1.54, 1.807) is 23.9 Å². The van der Waals surface area contributed by atoms with Gasteiger partial charge in [-0.2, -0.15) is 0 Å². The Morgan fingerprint density at radius 1 is 0.850 bits per heavy atom. The van der Waals surface area contributed by atoms with Gasteiger partial charge in [-0.1, -0.05) is 59.3 Å². The second kappa shape index (κ2) is 12.3. The van der Waals surface area contributed by atoms with E-state index < -0.39 is 4.92 Å². The molecule has 1 amide bonds. The molecule has 0 aliphatic carbocycles. The molecule has 2 heterocycles. The van der Waals surface area contributed by atoms with E-state index in [0.29, 0.717) is 32.6 Å². The normalized spacial score (nSPS) is 13.4. The van der Waals surface area contributed by atoms with Crippen molar-refractivity contribution < 1.29 is 9.72 Å². The average Bonchev–Trinajstić information content (AvgIpc) is 3.40. The van der Waals surface area contributed by atoms with E-state index >= 15 is 0 Å². The van der Waals surface area contributed by atoms with Crippen LogP contribution in [0.25, 0.3) is 17.1 Å². The maximum absolute atomic E-state index is 12.9. The summed E-state index contributed by atoms with van der Waals surface area (Å²) < 4.78 is 2.09. The molecule has 4 aromatic rings. The number of nitro benzene ring substituents is 1. The topological polar surface area (TPSA) is 97.4 Å². The van der Waals surface area contributed by atoms with Gasteiger partial charge in [-0.15, -0.1) is 10.2 Å². The van der Waals surface area contributed by atoms with Gasteiger partial charge in [0.2, 0.25) is 5.91 Å². The molecule has 10 heteroatoms. The SMILES string of the molecule is Cc1ccc(-c2nnc(SCCCC(=O)N3CCN(c4ccc([N+](=O)[O-])cc4)CC3)n2-c2ccc(C)cc2)cc1. The molecule has 0 radical (unpaired) electrons. The van der Waals surface area contributed by atoms with Crippen molar-refractivity contribution in [3.8, 4) is 17.1 Å². The number of carbonyl (C=O) groups is 1. The Morgan fingerprint density at radius 2 is 1.45 bits per heavy atom. The molecule has 3 aromatic carbocycles. The first-order valence-corrected chi connectivity index (χ1v) is 14.4. The third-order valence-corrected chi connectivity index (χ3v) is 8.07. The summed E-state index contributed by atoms with van der Waals surface area (Å²) in [6.45, 7) is 6.84. The molecule has 206 valence electrons. The van der Waals surface area contributed by atoms with Gasteiger partial charge in [-0.05, 0) is 44.5 Å². The molecule has 5 rings (SSSR count). The molecule has 0 saturated carbocycles. The summed E-state index contributed by atoms with van der Waals surface area (Å²) in [6, 6.07) is 23.2. The highest BCUT2D eigenvalue weighted by atomic mass is 32.2. The van der Waals surface area contributed by atoms with E-state index in [1.165, 1.54) is 23.3 Å². The van der Waals surface area contributed by atoms with Gasteiger partial charge in [-0.3, -0.25) is 19.5 Å². The minimum atomic E-state index is -0.395. The number of piperazine rings is 1. The zero-order chi connectivity index (χ0) is 28.1. The summed E-state index contributed by atoms with van der Waals surface area (Å²) in [5.41, 5.74) is 5.42. The van der Waals surface area contributed by atoms with Crippen molar-refractivity contribution in [3.05, 3.63) is 94.0 Å². The quantitative estimate of drug-likeness (QED) is 0.113. The predicted molar refractivity (Wildman–Crippen MR) is 158 cm³/mol. The van der Waals surface area contributed by atoms with Crippen LogP contribution in [-0.4, -0.2) is 62.4 Å². The number of anilines is 1. The number of aryl methyl sites for hydroxylation is 2. The number of benzene rings is 3. The number of hydrogen-bond donors (Lipinski definition) is 0. The van der Waals surface area contributed by atoms with Crippen molar-refractivity contribution >= 4 is 29.0 Å². The molecule has 0 N–H and O–H groups in total. The van der Waals surface area contributed by atoms with Crippen LogP contribution in [0.5, 0.6) is 0 Å². The van der Waals surface area contributed by atoms with Crippen molar-refractivity contribution in [1.82, 2.24) is 19.7 Å². The van der Waals surface area contributed by atoms with Gasteiger partial charge >= 0.3 is 0 Å². The Kier molecular flexibility index (Phi) is 8.45. The number of non-ortho nitro benzene ring substituents is 1. The Balaban J connectivity index is 1.16. The second-order valence-corrected chi connectivity index (χ2v) is 11.0. The van der Waals surface area contributed by atoms with Crippen molar-refractivity contribution in [2.75, 3.05) is 36.8 Å². The smallest absolute Gasteiger partial charge is 0.269 e. The summed E-state index contributed by atoms with van der Waals surface area (Å²) in [4.78, 5) is 27.5. The number of carbonyl (C=O) groups excluding carboxylic acids is 1. The van der Waals surface area contributed by atoms with Crippen LogP contribution in [0.15, 0.2) is 78.0 Å². The number of nitro groups is 1. The number of nitrogens with zero attached hydrogens (tertiary/aromatic N) is 6. The lowest BCUT2D eigenvalue weighted by atomic mass is 10.1. The van der Waals surface area contributed by atoms with Crippen LogP contribution < -0.4 is 4.90 Å². The van der Waals surface area contributed by atoms with Crippen molar-refractivity contribution in [2.45, 2.75) is 31.8 Å².